The van der Waals surface area contributed by atoms with Gasteiger partial charge in [0.1, 0.15) is 0 Å². The highest BCUT2D eigenvalue weighted by Gasteiger charge is 2.19. The van der Waals surface area contributed by atoms with Gasteiger partial charge in [-0.15, -0.1) is 12.3 Å². The average molecular weight is 166 g/mol. The summed E-state index contributed by atoms with van der Waals surface area (Å²) >= 11 is 0. The van der Waals surface area contributed by atoms with Crippen LogP contribution in [0.25, 0.3) is 0 Å². The highest BCUT2D eigenvalue weighted by atomic mass is 14.2. The minimum atomic E-state index is 0.500. The van der Waals surface area contributed by atoms with Crippen LogP contribution in [0.4, 0.5) is 0 Å². The van der Waals surface area contributed by atoms with Crippen molar-refractivity contribution >= 4 is 0 Å². The number of hydrogen-bond acceptors (Lipinski definition) is 0. The van der Waals surface area contributed by atoms with Gasteiger partial charge in [-0.3, -0.25) is 0 Å². The van der Waals surface area contributed by atoms with Crippen molar-refractivity contribution < 1.29 is 0 Å². The molecule has 0 aliphatic rings. The Kier molecular flexibility index (Phi) is 5.89. The van der Waals surface area contributed by atoms with Crippen LogP contribution in [-0.4, -0.2) is 0 Å². The zero-order valence-electron chi connectivity index (χ0n) is 8.93. The average Bonchev–Trinajstić information content (AvgIpc) is 2.03. The summed E-state index contributed by atoms with van der Waals surface area (Å²) < 4.78 is 0. The van der Waals surface area contributed by atoms with Gasteiger partial charge in [-0.1, -0.05) is 40.5 Å². The first-order valence-corrected chi connectivity index (χ1v) is 5.13. The monoisotopic (exact) mass is 166 g/mol. The zero-order valence-corrected chi connectivity index (χ0v) is 8.93. The quantitative estimate of drug-likeness (QED) is 0.546. The fraction of sp³-hybridized carbons (Fsp3) is 0.833. The Morgan fingerprint density at radius 1 is 1.25 bits per heavy atom. The lowest BCUT2D eigenvalue weighted by Crippen LogP contribution is -2.18. The Morgan fingerprint density at radius 3 is 2.08 bits per heavy atom. The molecule has 0 aliphatic heterocycles. The zero-order chi connectivity index (χ0) is 9.56. The summed E-state index contributed by atoms with van der Waals surface area (Å²) in [4.78, 5) is 0. The minimum Gasteiger partial charge on any atom is -0.120 e. The standard InChI is InChI=1S/C12H22/c1-6-9-11(7-2)12(8-3)10(4)5/h2,10-12H,6,8-9H2,1,3-5H3. The third kappa shape index (κ3) is 3.30. The van der Waals surface area contributed by atoms with Crippen molar-refractivity contribution in [1.82, 2.24) is 0 Å². The second-order valence-corrected chi connectivity index (χ2v) is 3.88. The molecule has 0 N–H and O–H groups in total. The van der Waals surface area contributed by atoms with Gasteiger partial charge in [0, 0.05) is 5.92 Å². The van der Waals surface area contributed by atoms with E-state index < -0.39 is 0 Å². The number of rotatable bonds is 5. The summed E-state index contributed by atoms with van der Waals surface area (Å²) in [5, 5.41) is 0. The molecule has 2 unspecified atom stereocenters. The Labute approximate surface area is 77.8 Å². The van der Waals surface area contributed by atoms with E-state index in [9.17, 15) is 0 Å². The van der Waals surface area contributed by atoms with Crippen LogP contribution in [0.15, 0.2) is 0 Å². The lowest BCUT2D eigenvalue weighted by Gasteiger charge is -2.24. The van der Waals surface area contributed by atoms with Crippen LogP contribution in [0.5, 0.6) is 0 Å². The summed E-state index contributed by atoms with van der Waals surface area (Å²) in [7, 11) is 0. The van der Waals surface area contributed by atoms with Crippen LogP contribution in [0, 0.1) is 30.1 Å². The van der Waals surface area contributed by atoms with E-state index in [-0.39, 0.29) is 0 Å². The van der Waals surface area contributed by atoms with Gasteiger partial charge in [0.15, 0.2) is 0 Å². The normalized spacial score (nSPS) is 15.7. The van der Waals surface area contributed by atoms with Crippen molar-refractivity contribution in [2.75, 3.05) is 0 Å². The van der Waals surface area contributed by atoms with E-state index in [1.54, 1.807) is 0 Å². The summed E-state index contributed by atoms with van der Waals surface area (Å²) in [5.74, 6) is 4.88. The van der Waals surface area contributed by atoms with Crippen LogP contribution in [-0.2, 0) is 0 Å². The van der Waals surface area contributed by atoms with Gasteiger partial charge in [-0.25, -0.2) is 0 Å². The highest BCUT2D eigenvalue weighted by molar-refractivity contribution is 4.96. The Balaban J connectivity index is 4.15. The summed E-state index contributed by atoms with van der Waals surface area (Å²) in [6, 6.07) is 0. The van der Waals surface area contributed by atoms with Crippen LogP contribution >= 0.6 is 0 Å². The molecule has 0 aromatic carbocycles. The Bertz CT molecular complexity index is 139. The minimum absolute atomic E-state index is 0.500. The lowest BCUT2D eigenvalue weighted by atomic mass is 9.80. The third-order valence-corrected chi connectivity index (χ3v) is 2.66. The van der Waals surface area contributed by atoms with Crippen molar-refractivity contribution in [2.45, 2.75) is 47.0 Å². The second kappa shape index (κ2) is 6.12. The molecule has 0 aromatic rings. The van der Waals surface area contributed by atoms with Crippen LogP contribution in [0.2, 0.25) is 0 Å². The predicted molar refractivity (Wildman–Crippen MR) is 55.9 cm³/mol. The first kappa shape index (κ1) is 11.6. The van der Waals surface area contributed by atoms with E-state index in [1.165, 1.54) is 19.3 Å². The topological polar surface area (TPSA) is 0 Å². The van der Waals surface area contributed by atoms with Crippen LogP contribution in [0.1, 0.15) is 47.0 Å². The molecule has 0 saturated heterocycles. The smallest absolute Gasteiger partial charge is 0.0230 e. The lowest BCUT2D eigenvalue weighted by molar-refractivity contribution is 0.282. The van der Waals surface area contributed by atoms with E-state index in [0.717, 1.165) is 11.8 Å². The van der Waals surface area contributed by atoms with Gasteiger partial charge < -0.3 is 0 Å². The molecule has 70 valence electrons. The van der Waals surface area contributed by atoms with Crippen molar-refractivity contribution in [3.8, 4) is 12.3 Å². The molecule has 0 heteroatoms. The van der Waals surface area contributed by atoms with Crippen molar-refractivity contribution in [3.05, 3.63) is 0 Å². The third-order valence-electron chi connectivity index (χ3n) is 2.66. The molecular formula is C12H22. The van der Waals surface area contributed by atoms with E-state index >= 15 is 0 Å². The SMILES string of the molecule is C#CC(CCC)C(CC)C(C)C. The largest absolute Gasteiger partial charge is 0.120 e. The molecule has 0 fully saturated rings. The molecule has 0 amide bonds. The van der Waals surface area contributed by atoms with E-state index in [4.69, 9.17) is 6.42 Å². The first-order chi connectivity index (χ1) is 5.67. The first-order valence-electron chi connectivity index (χ1n) is 5.13. The number of terminal acetylenes is 1. The van der Waals surface area contributed by atoms with Gasteiger partial charge in [0.05, 0.1) is 0 Å². The van der Waals surface area contributed by atoms with Crippen LogP contribution in [0.3, 0.4) is 0 Å². The molecule has 0 saturated carbocycles. The fourth-order valence-corrected chi connectivity index (χ4v) is 1.95. The second-order valence-electron chi connectivity index (χ2n) is 3.88. The van der Waals surface area contributed by atoms with Gasteiger partial charge in [-0.2, -0.15) is 0 Å². The predicted octanol–water partition coefficient (Wildman–Crippen LogP) is 3.72. The van der Waals surface area contributed by atoms with Gasteiger partial charge in [0.2, 0.25) is 0 Å². The van der Waals surface area contributed by atoms with Crippen molar-refractivity contribution in [2.24, 2.45) is 17.8 Å². The summed E-state index contributed by atoms with van der Waals surface area (Å²) in [6.07, 6.45) is 9.13. The van der Waals surface area contributed by atoms with Gasteiger partial charge >= 0.3 is 0 Å². The summed E-state index contributed by atoms with van der Waals surface area (Å²) in [6.45, 7) is 8.99. The van der Waals surface area contributed by atoms with E-state index in [0.29, 0.717) is 5.92 Å². The molecule has 0 radical (unpaired) electrons. The molecule has 12 heavy (non-hydrogen) atoms. The highest BCUT2D eigenvalue weighted by Crippen LogP contribution is 2.27. The van der Waals surface area contributed by atoms with Crippen molar-refractivity contribution in [3.63, 3.8) is 0 Å². The molecule has 0 aliphatic carbocycles. The molecule has 2 atom stereocenters. The maximum absolute atomic E-state index is 5.52. The van der Waals surface area contributed by atoms with E-state index in [1.807, 2.05) is 0 Å². The van der Waals surface area contributed by atoms with Crippen molar-refractivity contribution in [1.29, 1.82) is 0 Å². The fourth-order valence-electron chi connectivity index (χ4n) is 1.95. The Morgan fingerprint density at radius 2 is 1.83 bits per heavy atom. The molecular weight excluding hydrogens is 144 g/mol. The van der Waals surface area contributed by atoms with E-state index in [2.05, 4.69) is 33.6 Å². The maximum atomic E-state index is 5.52. The molecule has 0 spiro atoms. The van der Waals surface area contributed by atoms with Gasteiger partial charge in [-0.05, 0) is 18.3 Å². The summed E-state index contributed by atoms with van der Waals surface area (Å²) in [5.41, 5.74) is 0. The Hall–Kier alpha value is -0.440. The molecule has 0 aromatic heterocycles. The number of hydrogen-bond donors (Lipinski definition) is 0. The molecule has 0 nitrogen and oxygen atoms in total. The van der Waals surface area contributed by atoms with Crippen LogP contribution < -0.4 is 0 Å². The van der Waals surface area contributed by atoms with Gasteiger partial charge in [0.25, 0.3) is 0 Å². The molecule has 0 bridgehead atoms. The maximum Gasteiger partial charge on any atom is 0.0230 e. The molecule has 0 heterocycles. The molecule has 0 rings (SSSR count).